The highest BCUT2D eigenvalue weighted by Gasteiger charge is 2.32. The van der Waals surface area contributed by atoms with E-state index in [-0.39, 0.29) is 11.6 Å². The summed E-state index contributed by atoms with van der Waals surface area (Å²) in [6.45, 7) is 0.303. The van der Waals surface area contributed by atoms with Gasteiger partial charge in [-0.25, -0.2) is 4.79 Å². The molecule has 0 unspecified atom stereocenters. The molecular weight excluding hydrogens is 308 g/mol. The molecular formula is C15H17ClN2O4. The predicted octanol–water partition coefficient (Wildman–Crippen LogP) is 2.23. The number of nitrogens with zero attached hydrogens (tertiary/aromatic N) is 1. The van der Waals surface area contributed by atoms with Crippen LogP contribution in [0.15, 0.2) is 23.9 Å². The molecule has 0 atom stereocenters. The normalized spacial score (nSPS) is 16.1. The van der Waals surface area contributed by atoms with Crippen molar-refractivity contribution >= 4 is 29.6 Å². The first-order valence-electron chi connectivity index (χ1n) is 6.73. The molecule has 0 saturated carbocycles. The van der Waals surface area contributed by atoms with Crippen LogP contribution in [0.3, 0.4) is 0 Å². The smallest absolute Gasteiger partial charge is 0.329 e. The van der Waals surface area contributed by atoms with E-state index in [2.05, 4.69) is 5.32 Å². The zero-order valence-electron chi connectivity index (χ0n) is 12.4. The van der Waals surface area contributed by atoms with Gasteiger partial charge in [-0.1, -0.05) is 6.07 Å². The van der Waals surface area contributed by atoms with Crippen LogP contribution in [-0.4, -0.2) is 43.5 Å². The monoisotopic (exact) mass is 324 g/mol. The van der Waals surface area contributed by atoms with Gasteiger partial charge in [0.2, 0.25) is 0 Å². The molecule has 1 aliphatic rings. The van der Waals surface area contributed by atoms with Crippen LogP contribution >= 0.6 is 11.6 Å². The second-order valence-electron chi connectivity index (χ2n) is 4.60. The summed E-state index contributed by atoms with van der Waals surface area (Å²) in [4.78, 5) is 25.1. The predicted molar refractivity (Wildman–Crippen MR) is 83.1 cm³/mol. The van der Waals surface area contributed by atoms with Gasteiger partial charge in [-0.05, 0) is 30.2 Å². The summed E-state index contributed by atoms with van der Waals surface area (Å²) in [5, 5.41) is 2.56. The number of carbonyl (C=O) groups is 2. The first kappa shape index (κ1) is 16.2. The number of amides is 3. The van der Waals surface area contributed by atoms with Crippen molar-refractivity contribution in [3.8, 4) is 11.5 Å². The van der Waals surface area contributed by atoms with Gasteiger partial charge in [-0.3, -0.25) is 9.69 Å². The van der Waals surface area contributed by atoms with Gasteiger partial charge < -0.3 is 14.8 Å². The van der Waals surface area contributed by atoms with Gasteiger partial charge in [0.05, 0.1) is 14.2 Å². The van der Waals surface area contributed by atoms with E-state index in [1.807, 2.05) is 0 Å². The molecule has 1 N–H and O–H groups in total. The molecule has 118 valence electrons. The third kappa shape index (κ3) is 3.33. The average Bonchev–Trinajstić information content (AvgIpc) is 2.79. The van der Waals surface area contributed by atoms with Crippen LogP contribution < -0.4 is 14.8 Å². The number of carbonyl (C=O) groups excluding carboxylic acids is 2. The Hall–Kier alpha value is -2.21. The van der Waals surface area contributed by atoms with Crippen molar-refractivity contribution in [1.29, 1.82) is 0 Å². The fourth-order valence-electron chi connectivity index (χ4n) is 2.10. The second kappa shape index (κ2) is 7.17. The number of imide groups is 1. The van der Waals surface area contributed by atoms with Crippen LogP contribution in [0, 0.1) is 0 Å². The first-order valence-corrected chi connectivity index (χ1v) is 7.26. The Labute approximate surface area is 133 Å². The fraction of sp³-hybridized carbons (Fsp3) is 0.333. The van der Waals surface area contributed by atoms with Gasteiger partial charge in [0, 0.05) is 12.4 Å². The number of methoxy groups -OCH3 is 2. The molecule has 1 saturated heterocycles. The summed E-state index contributed by atoms with van der Waals surface area (Å²) in [5.41, 5.74) is 0.951. The van der Waals surface area contributed by atoms with E-state index in [9.17, 15) is 9.59 Å². The van der Waals surface area contributed by atoms with Crippen molar-refractivity contribution in [3.05, 3.63) is 29.5 Å². The lowest BCUT2D eigenvalue weighted by Gasteiger charge is -2.09. The van der Waals surface area contributed by atoms with Crippen LogP contribution in [0.5, 0.6) is 11.5 Å². The number of hydrogen-bond acceptors (Lipinski definition) is 4. The largest absolute Gasteiger partial charge is 0.493 e. The lowest BCUT2D eigenvalue weighted by Crippen LogP contribution is -2.31. The average molecular weight is 325 g/mol. The van der Waals surface area contributed by atoms with Crippen LogP contribution in [-0.2, 0) is 4.79 Å². The molecule has 1 fully saturated rings. The Balaban J connectivity index is 2.23. The van der Waals surface area contributed by atoms with Crippen molar-refractivity contribution in [2.24, 2.45) is 0 Å². The van der Waals surface area contributed by atoms with E-state index in [4.69, 9.17) is 21.1 Å². The summed E-state index contributed by atoms with van der Waals surface area (Å²) in [6.07, 6.45) is 2.16. The number of nitrogens with one attached hydrogen (secondary N) is 1. The number of urea groups is 1. The van der Waals surface area contributed by atoms with Gasteiger partial charge in [0.25, 0.3) is 5.91 Å². The van der Waals surface area contributed by atoms with Crippen molar-refractivity contribution in [1.82, 2.24) is 10.2 Å². The number of rotatable bonds is 6. The van der Waals surface area contributed by atoms with E-state index < -0.39 is 6.03 Å². The molecule has 3 amide bonds. The second-order valence-corrected chi connectivity index (χ2v) is 4.98. The SMILES string of the molecule is COc1ccc(/C=C2\NC(=O)N(CCCCl)C2=O)cc1OC. The van der Waals surface area contributed by atoms with Crippen molar-refractivity contribution in [2.45, 2.75) is 6.42 Å². The van der Waals surface area contributed by atoms with E-state index in [1.165, 1.54) is 7.11 Å². The highest BCUT2D eigenvalue weighted by atomic mass is 35.5. The lowest BCUT2D eigenvalue weighted by molar-refractivity contribution is -0.122. The minimum Gasteiger partial charge on any atom is -0.493 e. The summed E-state index contributed by atoms with van der Waals surface area (Å²) in [6, 6.07) is 4.81. The highest BCUT2D eigenvalue weighted by molar-refractivity contribution is 6.18. The van der Waals surface area contributed by atoms with Gasteiger partial charge in [-0.15, -0.1) is 11.6 Å². The maximum atomic E-state index is 12.2. The molecule has 0 spiro atoms. The summed E-state index contributed by atoms with van der Waals surface area (Å²) >= 11 is 5.59. The van der Waals surface area contributed by atoms with E-state index in [0.29, 0.717) is 30.3 Å². The maximum absolute atomic E-state index is 12.2. The van der Waals surface area contributed by atoms with E-state index >= 15 is 0 Å². The molecule has 1 heterocycles. The van der Waals surface area contributed by atoms with Gasteiger partial charge >= 0.3 is 6.03 Å². The molecule has 22 heavy (non-hydrogen) atoms. The minimum atomic E-state index is -0.429. The lowest BCUT2D eigenvalue weighted by atomic mass is 10.1. The fourth-order valence-corrected chi connectivity index (χ4v) is 2.22. The Morgan fingerprint density at radius 2 is 1.95 bits per heavy atom. The summed E-state index contributed by atoms with van der Waals surface area (Å²) in [5.74, 6) is 1.18. The van der Waals surface area contributed by atoms with Crippen molar-refractivity contribution in [2.75, 3.05) is 26.6 Å². The van der Waals surface area contributed by atoms with Crippen LogP contribution in [0.25, 0.3) is 6.08 Å². The quantitative estimate of drug-likeness (QED) is 0.495. The molecule has 7 heteroatoms. The summed E-state index contributed by atoms with van der Waals surface area (Å²) in [7, 11) is 3.08. The Morgan fingerprint density at radius 1 is 1.23 bits per heavy atom. The van der Waals surface area contributed by atoms with Gasteiger partial charge in [0.1, 0.15) is 5.70 Å². The summed E-state index contributed by atoms with van der Waals surface area (Å²) < 4.78 is 10.4. The molecule has 2 rings (SSSR count). The number of halogens is 1. The van der Waals surface area contributed by atoms with Crippen molar-refractivity contribution in [3.63, 3.8) is 0 Å². The van der Waals surface area contributed by atoms with E-state index in [0.717, 1.165) is 10.5 Å². The number of alkyl halides is 1. The standard InChI is InChI=1S/C15H17ClN2O4/c1-21-12-5-4-10(9-13(12)22-2)8-11-14(19)18(7-3-6-16)15(20)17-11/h4-5,8-9H,3,6-7H2,1-2H3,(H,17,20)/b11-8-. The molecule has 1 aliphatic heterocycles. The van der Waals surface area contributed by atoms with Crippen LogP contribution in [0.4, 0.5) is 4.79 Å². The first-order chi connectivity index (χ1) is 10.6. The molecule has 0 aliphatic carbocycles. The Morgan fingerprint density at radius 3 is 2.59 bits per heavy atom. The zero-order chi connectivity index (χ0) is 16.1. The number of ether oxygens (including phenoxy) is 2. The number of hydrogen-bond donors (Lipinski definition) is 1. The van der Waals surface area contributed by atoms with Crippen LogP contribution in [0.2, 0.25) is 0 Å². The topological polar surface area (TPSA) is 67.9 Å². The van der Waals surface area contributed by atoms with E-state index in [1.54, 1.807) is 31.4 Å². The van der Waals surface area contributed by atoms with Crippen LogP contribution in [0.1, 0.15) is 12.0 Å². The highest BCUT2D eigenvalue weighted by Crippen LogP contribution is 2.28. The zero-order valence-corrected chi connectivity index (χ0v) is 13.1. The third-order valence-electron chi connectivity index (χ3n) is 3.20. The Kier molecular flexibility index (Phi) is 5.27. The van der Waals surface area contributed by atoms with Gasteiger partial charge in [-0.2, -0.15) is 0 Å². The molecule has 0 bridgehead atoms. The van der Waals surface area contributed by atoms with Crippen molar-refractivity contribution < 1.29 is 19.1 Å². The molecule has 0 aromatic heterocycles. The molecule has 0 radical (unpaired) electrons. The third-order valence-corrected chi connectivity index (χ3v) is 3.46. The minimum absolute atomic E-state index is 0.229. The number of benzene rings is 1. The molecule has 6 nitrogen and oxygen atoms in total. The molecule has 1 aromatic rings. The molecule has 1 aromatic carbocycles. The maximum Gasteiger partial charge on any atom is 0.329 e. The Bertz CT molecular complexity index is 616. The van der Waals surface area contributed by atoms with Gasteiger partial charge in [0.15, 0.2) is 11.5 Å².